The molecule has 1 aliphatic heterocycles. The molecule has 0 spiro atoms. The Morgan fingerprint density at radius 1 is 1.40 bits per heavy atom. The average Bonchev–Trinajstić information content (AvgIpc) is 2.95. The van der Waals surface area contributed by atoms with Crippen LogP contribution in [-0.2, 0) is 23.9 Å². The van der Waals surface area contributed by atoms with Gasteiger partial charge in [-0.2, -0.15) is 0 Å². The lowest BCUT2D eigenvalue weighted by atomic mass is 9.79. The van der Waals surface area contributed by atoms with E-state index >= 15 is 0 Å². The maximum atomic E-state index is 12.4. The fourth-order valence-corrected chi connectivity index (χ4v) is 4.36. The van der Waals surface area contributed by atoms with Gasteiger partial charge in [0.05, 0.1) is 5.92 Å². The summed E-state index contributed by atoms with van der Waals surface area (Å²) in [4.78, 5) is 36.8. The minimum Gasteiger partial charge on any atom is -0.462 e. The van der Waals surface area contributed by atoms with Crippen LogP contribution in [0.4, 0.5) is 0 Å². The lowest BCUT2D eigenvalue weighted by Gasteiger charge is -2.29. The van der Waals surface area contributed by atoms with Crippen molar-refractivity contribution in [3.05, 3.63) is 35.5 Å². The van der Waals surface area contributed by atoms with Gasteiger partial charge in [-0.15, -0.1) is 6.58 Å². The van der Waals surface area contributed by atoms with Gasteiger partial charge in [-0.3, -0.25) is 14.4 Å². The SMILES string of the molecule is C=CCCC(=O)O[C@@H]1CC(C)=C2C(=O)C=C(C)[C@@H]2[C@@H]2OC(=O)[C@H](C)[C@@H]21. The molecule has 0 aromatic carbocycles. The van der Waals surface area contributed by atoms with Crippen LogP contribution in [-0.4, -0.2) is 29.9 Å². The molecule has 5 nitrogen and oxygen atoms in total. The predicted molar refractivity (Wildman–Crippen MR) is 91.4 cm³/mol. The molecule has 134 valence electrons. The highest BCUT2D eigenvalue weighted by Gasteiger charge is 2.55. The second-order valence-electron chi connectivity index (χ2n) is 7.25. The zero-order valence-electron chi connectivity index (χ0n) is 14.9. The monoisotopic (exact) mass is 344 g/mol. The Labute approximate surface area is 147 Å². The maximum Gasteiger partial charge on any atom is 0.309 e. The lowest BCUT2D eigenvalue weighted by Crippen LogP contribution is -2.37. The Bertz CT molecular complexity index is 699. The Morgan fingerprint density at radius 3 is 2.80 bits per heavy atom. The Morgan fingerprint density at radius 2 is 2.12 bits per heavy atom. The van der Waals surface area contributed by atoms with Crippen molar-refractivity contribution in [1.29, 1.82) is 0 Å². The van der Waals surface area contributed by atoms with Gasteiger partial charge in [-0.25, -0.2) is 0 Å². The standard InChI is InChI=1S/C20H24O5/c1-5-6-7-15(22)24-14-9-11(3)16-13(21)8-10(2)17(16)19-18(14)12(4)20(23)25-19/h5,8,12,14,17-19H,1,6-7,9H2,2-4H3/t12-,14-,17+,18-,19+/m1/s1. The first-order valence-electron chi connectivity index (χ1n) is 8.78. The van der Waals surface area contributed by atoms with Crippen LogP contribution in [0.1, 0.15) is 40.0 Å². The molecule has 0 bridgehead atoms. The predicted octanol–water partition coefficient (Wildman–Crippen LogP) is 2.91. The van der Waals surface area contributed by atoms with Crippen molar-refractivity contribution in [2.75, 3.05) is 0 Å². The molecule has 0 amide bonds. The number of ether oxygens (including phenoxy) is 2. The van der Waals surface area contributed by atoms with Crippen LogP contribution in [0.25, 0.3) is 0 Å². The second kappa shape index (κ2) is 6.62. The number of carbonyl (C=O) groups is 3. The average molecular weight is 344 g/mol. The van der Waals surface area contributed by atoms with Gasteiger partial charge in [-0.1, -0.05) is 24.1 Å². The minimum absolute atomic E-state index is 0.0204. The highest BCUT2D eigenvalue weighted by Crippen LogP contribution is 2.48. The topological polar surface area (TPSA) is 69.7 Å². The van der Waals surface area contributed by atoms with Crippen molar-refractivity contribution >= 4 is 17.7 Å². The zero-order valence-corrected chi connectivity index (χ0v) is 14.9. The van der Waals surface area contributed by atoms with Gasteiger partial charge >= 0.3 is 11.9 Å². The molecule has 1 fully saturated rings. The van der Waals surface area contributed by atoms with Crippen molar-refractivity contribution in [1.82, 2.24) is 0 Å². The summed E-state index contributed by atoms with van der Waals surface area (Å²) in [5.41, 5.74) is 2.54. The number of ketones is 1. The first-order chi connectivity index (χ1) is 11.8. The molecule has 2 aliphatic carbocycles. The summed E-state index contributed by atoms with van der Waals surface area (Å²) in [6.07, 6.45) is 3.67. The van der Waals surface area contributed by atoms with Crippen molar-refractivity contribution < 1.29 is 23.9 Å². The number of esters is 2. The highest BCUT2D eigenvalue weighted by molar-refractivity contribution is 6.09. The summed E-state index contributed by atoms with van der Waals surface area (Å²) in [6, 6.07) is 0. The van der Waals surface area contributed by atoms with E-state index in [0.717, 1.165) is 11.1 Å². The van der Waals surface area contributed by atoms with E-state index in [-0.39, 0.29) is 41.9 Å². The molecule has 5 heteroatoms. The van der Waals surface area contributed by atoms with Gasteiger partial charge in [-0.05, 0) is 26.3 Å². The molecular weight excluding hydrogens is 320 g/mol. The van der Waals surface area contributed by atoms with Crippen LogP contribution in [0.5, 0.6) is 0 Å². The van der Waals surface area contributed by atoms with E-state index in [1.165, 1.54) is 0 Å². The van der Waals surface area contributed by atoms with E-state index < -0.39 is 12.2 Å². The van der Waals surface area contributed by atoms with E-state index in [0.29, 0.717) is 18.4 Å². The third kappa shape index (κ3) is 2.96. The molecule has 3 aliphatic rings. The van der Waals surface area contributed by atoms with Crippen LogP contribution in [0.15, 0.2) is 35.5 Å². The minimum atomic E-state index is -0.456. The number of hydrogen-bond acceptors (Lipinski definition) is 5. The number of rotatable bonds is 4. The van der Waals surface area contributed by atoms with E-state index in [4.69, 9.17) is 9.47 Å². The summed E-state index contributed by atoms with van der Waals surface area (Å²) in [5.74, 6) is -1.44. The highest BCUT2D eigenvalue weighted by atomic mass is 16.6. The molecule has 0 aromatic rings. The fourth-order valence-electron chi connectivity index (χ4n) is 4.36. The Hall–Kier alpha value is -2.17. The quantitative estimate of drug-likeness (QED) is 0.579. The number of allylic oxidation sites excluding steroid dienone is 2. The van der Waals surface area contributed by atoms with Crippen molar-refractivity contribution in [3.63, 3.8) is 0 Å². The molecule has 1 saturated heterocycles. The molecule has 0 unspecified atom stereocenters. The van der Waals surface area contributed by atoms with Crippen LogP contribution < -0.4 is 0 Å². The first-order valence-corrected chi connectivity index (χ1v) is 8.78. The van der Waals surface area contributed by atoms with Crippen molar-refractivity contribution in [3.8, 4) is 0 Å². The molecule has 0 N–H and O–H groups in total. The smallest absolute Gasteiger partial charge is 0.309 e. The van der Waals surface area contributed by atoms with Gasteiger partial charge in [0.2, 0.25) is 0 Å². The number of carbonyl (C=O) groups excluding carboxylic acids is 3. The molecule has 0 saturated carbocycles. The summed E-state index contributed by atoms with van der Waals surface area (Å²) in [5, 5.41) is 0. The van der Waals surface area contributed by atoms with Crippen LogP contribution in [0, 0.1) is 17.8 Å². The largest absolute Gasteiger partial charge is 0.462 e. The van der Waals surface area contributed by atoms with E-state index in [1.807, 2.05) is 20.8 Å². The Balaban J connectivity index is 1.95. The summed E-state index contributed by atoms with van der Waals surface area (Å²) in [7, 11) is 0. The number of fused-ring (bicyclic) bond motifs is 3. The van der Waals surface area contributed by atoms with Gasteiger partial charge < -0.3 is 9.47 Å². The van der Waals surface area contributed by atoms with Gasteiger partial charge in [0.15, 0.2) is 5.78 Å². The molecule has 0 aromatic heterocycles. The van der Waals surface area contributed by atoms with E-state index in [1.54, 1.807) is 12.2 Å². The normalized spacial score (nSPS) is 34.0. The van der Waals surface area contributed by atoms with Gasteiger partial charge in [0.1, 0.15) is 12.2 Å². The molecule has 1 heterocycles. The lowest BCUT2D eigenvalue weighted by molar-refractivity contribution is -0.153. The van der Waals surface area contributed by atoms with Crippen LogP contribution in [0.3, 0.4) is 0 Å². The van der Waals surface area contributed by atoms with Crippen molar-refractivity contribution in [2.45, 2.75) is 52.2 Å². The molecule has 3 rings (SSSR count). The molecule has 0 radical (unpaired) electrons. The third-order valence-corrected chi connectivity index (χ3v) is 5.57. The first kappa shape index (κ1) is 17.6. The molecular formula is C20H24O5. The fraction of sp³-hybridized carbons (Fsp3) is 0.550. The molecule has 5 atom stereocenters. The van der Waals surface area contributed by atoms with Gasteiger partial charge in [0.25, 0.3) is 0 Å². The molecule has 25 heavy (non-hydrogen) atoms. The van der Waals surface area contributed by atoms with Gasteiger partial charge in [0, 0.05) is 30.3 Å². The summed E-state index contributed by atoms with van der Waals surface area (Å²) >= 11 is 0. The zero-order chi connectivity index (χ0) is 18.3. The van der Waals surface area contributed by atoms with E-state index in [2.05, 4.69) is 6.58 Å². The van der Waals surface area contributed by atoms with Crippen LogP contribution in [0.2, 0.25) is 0 Å². The van der Waals surface area contributed by atoms with E-state index in [9.17, 15) is 14.4 Å². The number of hydrogen-bond donors (Lipinski definition) is 0. The maximum absolute atomic E-state index is 12.4. The van der Waals surface area contributed by atoms with Crippen molar-refractivity contribution in [2.24, 2.45) is 17.8 Å². The second-order valence-corrected chi connectivity index (χ2v) is 7.25. The Kier molecular flexibility index (Phi) is 4.67. The summed E-state index contributed by atoms with van der Waals surface area (Å²) < 4.78 is 11.4. The van der Waals surface area contributed by atoms with Crippen LogP contribution >= 0.6 is 0 Å². The third-order valence-electron chi connectivity index (χ3n) is 5.57. The summed E-state index contributed by atoms with van der Waals surface area (Å²) in [6.45, 7) is 9.23.